The van der Waals surface area contributed by atoms with Crippen LogP contribution in [0.2, 0.25) is 0 Å². The van der Waals surface area contributed by atoms with Crippen molar-refractivity contribution in [2.45, 2.75) is 6.54 Å². The summed E-state index contributed by atoms with van der Waals surface area (Å²) < 4.78 is 1.36. The van der Waals surface area contributed by atoms with Gasteiger partial charge in [-0.05, 0) is 23.6 Å². The molecule has 3 heterocycles. The highest BCUT2D eigenvalue weighted by Gasteiger charge is 2.11. The first kappa shape index (κ1) is 17.9. The van der Waals surface area contributed by atoms with E-state index in [1.54, 1.807) is 23.5 Å². The molecular formula is C20H17N5O2S. The minimum atomic E-state index is -0.280. The first-order chi connectivity index (χ1) is 13.7. The highest BCUT2D eigenvalue weighted by atomic mass is 32.1. The minimum Gasteiger partial charge on any atom is -0.349 e. The molecule has 2 N–H and O–H groups in total. The van der Waals surface area contributed by atoms with Gasteiger partial charge in [-0.25, -0.2) is 4.68 Å². The smallest absolute Gasteiger partial charge is 0.269 e. The zero-order valence-corrected chi connectivity index (χ0v) is 15.6. The molecule has 4 rings (SSSR count). The van der Waals surface area contributed by atoms with E-state index in [-0.39, 0.29) is 24.6 Å². The standard InChI is InChI=1S/C20H17N5O2S/c26-19-9-8-15(18-7-4-12-28-18)24-25(19)11-10-21-20(27)17-13-16(22-23-17)14-5-2-1-3-6-14/h1-9,12-13H,10-11H2,(H,21,27)(H,22,23). The lowest BCUT2D eigenvalue weighted by molar-refractivity contribution is 0.0946. The van der Waals surface area contributed by atoms with E-state index in [9.17, 15) is 9.59 Å². The van der Waals surface area contributed by atoms with Crippen LogP contribution in [-0.2, 0) is 6.54 Å². The molecule has 0 aliphatic heterocycles. The monoisotopic (exact) mass is 391 g/mol. The first-order valence-electron chi connectivity index (χ1n) is 8.72. The van der Waals surface area contributed by atoms with E-state index in [0.717, 1.165) is 16.1 Å². The summed E-state index contributed by atoms with van der Waals surface area (Å²) in [5.74, 6) is -0.280. The molecule has 0 saturated heterocycles. The number of H-pyrrole nitrogens is 1. The van der Waals surface area contributed by atoms with Crippen LogP contribution >= 0.6 is 11.3 Å². The van der Waals surface area contributed by atoms with E-state index in [2.05, 4.69) is 20.6 Å². The molecule has 0 radical (unpaired) electrons. The summed E-state index contributed by atoms with van der Waals surface area (Å²) in [6.07, 6.45) is 0. The largest absolute Gasteiger partial charge is 0.349 e. The number of nitrogens with zero attached hydrogens (tertiary/aromatic N) is 3. The normalized spacial score (nSPS) is 10.7. The van der Waals surface area contributed by atoms with E-state index < -0.39 is 0 Å². The lowest BCUT2D eigenvalue weighted by Gasteiger charge is -2.07. The second-order valence-corrected chi connectivity index (χ2v) is 6.99. The fraction of sp³-hybridized carbons (Fsp3) is 0.100. The lowest BCUT2D eigenvalue weighted by Crippen LogP contribution is -2.32. The van der Waals surface area contributed by atoms with Crippen molar-refractivity contribution in [2.75, 3.05) is 6.54 Å². The number of amides is 1. The number of aromatic nitrogens is 4. The number of carbonyl (C=O) groups is 1. The molecule has 0 saturated carbocycles. The average molecular weight is 391 g/mol. The molecule has 1 aromatic carbocycles. The van der Waals surface area contributed by atoms with Gasteiger partial charge >= 0.3 is 0 Å². The fourth-order valence-corrected chi connectivity index (χ4v) is 3.42. The highest BCUT2D eigenvalue weighted by Crippen LogP contribution is 2.21. The third-order valence-electron chi connectivity index (χ3n) is 4.14. The van der Waals surface area contributed by atoms with Crippen LogP contribution in [0.5, 0.6) is 0 Å². The van der Waals surface area contributed by atoms with Gasteiger partial charge in [0.15, 0.2) is 0 Å². The number of carbonyl (C=O) groups excluding carboxylic acids is 1. The first-order valence-corrected chi connectivity index (χ1v) is 9.60. The van der Waals surface area contributed by atoms with E-state index in [4.69, 9.17) is 0 Å². The van der Waals surface area contributed by atoms with Crippen molar-refractivity contribution in [3.05, 3.63) is 82.1 Å². The van der Waals surface area contributed by atoms with Crippen molar-refractivity contribution in [3.8, 4) is 21.8 Å². The van der Waals surface area contributed by atoms with Crippen LogP contribution in [-0.4, -0.2) is 32.4 Å². The van der Waals surface area contributed by atoms with Gasteiger partial charge in [0.2, 0.25) is 0 Å². The zero-order valence-electron chi connectivity index (χ0n) is 14.8. The summed E-state index contributed by atoms with van der Waals surface area (Å²) in [7, 11) is 0. The Balaban J connectivity index is 1.39. The maximum atomic E-state index is 12.3. The summed E-state index contributed by atoms with van der Waals surface area (Å²) in [6.45, 7) is 0.558. The Morgan fingerprint density at radius 3 is 2.71 bits per heavy atom. The van der Waals surface area contributed by atoms with Gasteiger partial charge in [0.1, 0.15) is 11.4 Å². The van der Waals surface area contributed by atoms with Gasteiger partial charge in [0.25, 0.3) is 11.5 Å². The van der Waals surface area contributed by atoms with Crippen molar-refractivity contribution in [1.29, 1.82) is 0 Å². The molecule has 0 fully saturated rings. The molecule has 140 valence electrons. The quantitative estimate of drug-likeness (QED) is 0.529. The Morgan fingerprint density at radius 1 is 1.07 bits per heavy atom. The van der Waals surface area contributed by atoms with Crippen LogP contribution < -0.4 is 10.9 Å². The summed E-state index contributed by atoms with van der Waals surface area (Å²) in [6, 6.07) is 18.4. The minimum absolute atomic E-state index is 0.206. The summed E-state index contributed by atoms with van der Waals surface area (Å²) >= 11 is 1.56. The molecule has 0 spiro atoms. The van der Waals surface area contributed by atoms with Gasteiger partial charge in [0.05, 0.1) is 17.1 Å². The van der Waals surface area contributed by atoms with Gasteiger partial charge in [-0.15, -0.1) is 11.3 Å². The predicted molar refractivity (Wildman–Crippen MR) is 108 cm³/mol. The third-order valence-corrected chi connectivity index (χ3v) is 5.03. The number of benzene rings is 1. The van der Waals surface area contributed by atoms with Crippen molar-refractivity contribution in [1.82, 2.24) is 25.3 Å². The molecule has 0 atom stereocenters. The summed E-state index contributed by atoms with van der Waals surface area (Å²) in [5, 5.41) is 16.0. The van der Waals surface area contributed by atoms with Crippen LogP contribution in [0, 0.1) is 0 Å². The average Bonchev–Trinajstić information content (AvgIpc) is 3.42. The molecule has 0 bridgehead atoms. The Hall–Kier alpha value is -3.52. The zero-order chi connectivity index (χ0) is 19.3. The van der Waals surface area contributed by atoms with Crippen LogP contribution in [0.3, 0.4) is 0 Å². The lowest BCUT2D eigenvalue weighted by atomic mass is 10.1. The van der Waals surface area contributed by atoms with Crippen LogP contribution in [0.4, 0.5) is 0 Å². The molecule has 0 aliphatic rings. The highest BCUT2D eigenvalue weighted by molar-refractivity contribution is 7.13. The van der Waals surface area contributed by atoms with Crippen LogP contribution in [0.1, 0.15) is 10.5 Å². The van der Waals surface area contributed by atoms with Crippen molar-refractivity contribution in [2.24, 2.45) is 0 Å². The van der Waals surface area contributed by atoms with Gasteiger partial charge in [-0.1, -0.05) is 36.4 Å². The molecular weight excluding hydrogens is 374 g/mol. The Morgan fingerprint density at radius 2 is 1.93 bits per heavy atom. The van der Waals surface area contributed by atoms with Crippen LogP contribution in [0.25, 0.3) is 21.8 Å². The molecule has 7 nitrogen and oxygen atoms in total. The molecule has 1 amide bonds. The number of nitrogens with one attached hydrogen (secondary N) is 2. The maximum Gasteiger partial charge on any atom is 0.269 e. The molecule has 3 aromatic heterocycles. The Labute approximate surface area is 164 Å². The summed E-state index contributed by atoms with van der Waals surface area (Å²) in [5.41, 5.74) is 2.53. The number of thiophene rings is 1. The SMILES string of the molecule is O=C(NCCn1nc(-c2cccs2)ccc1=O)c1cc(-c2ccccc2)n[nH]1. The fourth-order valence-electron chi connectivity index (χ4n) is 2.73. The Kier molecular flexibility index (Phi) is 5.11. The summed E-state index contributed by atoms with van der Waals surface area (Å²) in [4.78, 5) is 25.3. The van der Waals surface area contributed by atoms with Crippen molar-refractivity contribution >= 4 is 17.2 Å². The molecule has 0 unspecified atom stereocenters. The number of hydrogen-bond donors (Lipinski definition) is 2. The molecule has 8 heteroatoms. The topological polar surface area (TPSA) is 92.7 Å². The van der Waals surface area contributed by atoms with E-state index >= 15 is 0 Å². The number of hydrogen-bond acceptors (Lipinski definition) is 5. The van der Waals surface area contributed by atoms with Gasteiger partial charge in [0, 0.05) is 18.2 Å². The van der Waals surface area contributed by atoms with Gasteiger partial charge in [-0.3, -0.25) is 14.7 Å². The maximum absolute atomic E-state index is 12.3. The molecule has 0 aliphatic carbocycles. The van der Waals surface area contributed by atoms with E-state index in [1.807, 2.05) is 47.8 Å². The number of aromatic amines is 1. The second-order valence-electron chi connectivity index (χ2n) is 6.05. The Bertz CT molecular complexity index is 1130. The van der Waals surface area contributed by atoms with E-state index in [0.29, 0.717) is 11.4 Å². The van der Waals surface area contributed by atoms with Gasteiger partial charge < -0.3 is 5.32 Å². The van der Waals surface area contributed by atoms with Crippen molar-refractivity contribution < 1.29 is 4.79 Å². The number of rotatable bonds is 6. The van der Waals surface area contributed by atoms with Crippen molar-refractivity contribution in [3.63, 3.8) is 0 Å². The predicted octanol–water partition coefficient (Wildman–Crippen LogP) is 2.79. The second kappa shape index (κ2) is 8.01. The van der Waals surface area contributed by atoms with Crippen LogP contribution in [0.15, 0.2) is 70.8 Å². The molecule has 28 heavy (non-hydrogen) atoms. The van der Waals surface area contributed by atoms with Gasteiger partial charge in [-0.2, -0.15) is 10.2 Å². The van der Waals surface area contributed by atoms with E-state index in [1.165, 1.54) is 10.7 Å². The molecule has 4 aromatic rings. The third kappa shape index (κ3) is 3.91.